The van der Waals surface area contributed by atoms with Crippen LogP contribution in [0, 0.1) is 39.9 Å². The van der Waals surface area contributed by atoms with E-state index in [1.54, 1.807) is 6.07 Å². The number of nitriles is 3. The molecule has 116 valence electrons. The van der Waals surface area contributed by atoms with E-state index in [-0.39, 0.29) is 40.0 Å². The van der Waals surface area contributed by atoms with Crippen LogP contribution in [0.25, 0.3) is 0 Å². The minimum absolute atomic E-state index is 0.0163. The highest BCUT2D eigenvalue weighted by Gasteiger charge is 2.38. The maximum Gasteiger partial charge on any atom is 0.227 e. The Morgan fingerprint density at radius 2 is 1.92 bits per heavy atom. The van der Waals surface area contributed by atoms with Crippen molar-refractivity contribution in [2.75, 3.05) is 11.5 Å². The molecule has 1 aromatic heterocycles. The van der Waals surface area contributed by atoms with Gasteiger partial charge in [0.2, 0.25) is 5.88 Å². The van der Waals surface area contributed by atoms with Crippen LogP contribution in [0.1, 0.15) is 22.6 Å². The summed E-state index contributed by atoms with van der Waals surface area (Å²) in [5, 5.41) is 37.5. The monoisotopic (exact) mass is 318 g/mol. The molecule has 5 N–H and O–H groups in total. The van der Waals surface area contributed by atoms with E-state index in [1.165, 1.54) is 12.1 Å². The van der Waals surface area contributed by atoms with Crippen molar-refractivity contribution in [1.82, 2.24) is 4.98 Å². The zero-order chi connectivity index (χ0) is 17.4. The van der Waals surface area contributed by atoms with Crippen LogP contribution in [0.4, 0.5) is 11.5 Å². The second-order valence-corrected chi connectivity index (χ2v) is 5.15. The Balaban J connectivity index is 2.36. The number of ether oxygens (including phenoxy) is 1. The summed E-state index contributed by atoms with van der Waals surface area (Å²) in [5.74, 6) is -1.76. The third kappa shape index (κ3) is 2.01. The summed E-state index contributed by atoms with van der Waals surface area (Å²) in [4.78, 5) is 4.03. The van der Waals surface area contributed by atoms with E-state index >= 15 is 0 Å². The molecule has 0 amide bonds. The van der Waals surface area contributed by atoms with Gasteiger partial charge in [0.05, 0.1) is 17.8 Å². The summed E-state index contributed by atoms with van der Waals surface area (Å²) < 4.78 is 5.63. The second-order valence-electron chi connectivity index (χ2n) is 5.15. The van der Waals surface area contributed by atoms with Crippen LogP contribution in [0.2, 0.25) is 0 Å². The Kier molecular flexibility index (Phi) is 3.33. The van der Waals surface area contributed by atoms with Crippen molar-refractivity contribution < 1.29 is 9.84 Å². The molecule has 3 rings (SSSR count). The fourth-order valence-corrected chi connectivity index (χ4v) is 2.76. The summed E-state index contributed by atoms with van der Waals surface area (Å²) in [6.45, 7) is 0. The molecule has 1 atom stereocenters. The van der Waals surface area contributed by atoms with Crippen molar-refractivity contribution in [2.24, 2.45) is 5.92 Å². The van der Waals surface area contributed by atoms with Crippen molar-refractivity contribution in [1.29, 1.82) is 15.8 Å². The lowest BCUT2D eigenvalue weighted by atomic mass is 9.79. The number of benzene rings is 1. The van der Waals surface area contributed by atoms with E-state index in [4.69, 9.17) is 16.2 Å². The molecule has 0 aliphatic carbocycles. The Hall–Kier alpha value is -3.96. The van der Waals surface area contributed by atoms with Crippen LogP contribution in [-0.2, 0) is 0 Å². The van der Waals surface area contributed by atoms with Crippen LogP contribution in [0.15, 0.2) is 18.2 Å². The lowest BCUT2D eigenvalue weighted by molar-refractivity contribution is 0.413. The number of fused-ring (bicyclic) bond motifs is 2. The number of rotatable bonds is 1. The highest BCUT2D eigenvalue weighted by molar-refractivity contribution is 5.74. The van der Waals surface area contributed by atoms with Gasteiger partial charge >= 0.3 is 0 Å². The molecule has 8 nitrogen and oxygen atoms in total. The third-order valence-electron chi connectivity index (χ3n) is 3.84. The molecule has 0 spiro atoms. The maximum atomic E-state index is 9.64. The van der Waals surface area contributed by atoms with Gasteiger partial charge in [-0.2, -0.15) is 20.8 Å². The fourth-order valence-electron chi connectivity index (χ4n) is 2.76. The second kappa shape index (κ2) is 5.35. The first-order chi connectivity index (χ1) is 11.5. The molecular formula is C16H10N6O2. The van der Waals surface area contributed by atoms with Gasteiger partial charge in [-0.15, -0.1) is 0 Å². The average molecular weight is 318 g/mol. The van der Waals surface area contributed by atoms with E-state index < -0.39 is 11.8 Å². The number of phenols is 1. The van der Waals surface area contributed by atoms with Gasteiger partial charge in [-0.1, -0.05) is 6.07 Å². The molecule has 1 aromatic carbocycles. The SMILES string of the molecule is N#Cc1c(N)nc2c(c1N)C(C(C#N)C#N)c1ccc(O)cc1O2. The van der Waals surface area contributed by atoms with Gasteiger partial charge in [0.25, 0.3) is 0 Å². The van der Waals surface area contributed by atoms with Crippen molar-refractivity contribution in [3.05, 3.63) is 34.9 Å². The summed E-state index contributed by atoms with van der Waals surface area (Å²) in [6, 6.07) is 10.0. The summed E-state index contributed by atoms with van der Waals surface area (Å²) >= 11 is 0. The van der Waals surface area contributed by atoms with Crippen molar-refractivity contribution in [3.63, 3.8) is 0 Å². The van der Waals surface area contributed by atoms with E-state index in [0.29, 0.717) is 5.56 Å². The van der Waals surface area contributed by atoms with Crippen LogP contribution < -0.4 is 16.2 Å². The Morgan fingerprint density at radius 1 is 1.21 bits per heavy atom. The number of nitrogens with zero attached hydrogens (tertiary/aromatic N) is 4. The van der Waals surface area contributed by atoms with Gasteiger partial charge in [-0.05, 0) is 6.07 Å². The Morgan fingerprint density at radius 3 is 2.54 bits per heavy atom. The zero-order valence-corrected chi connectivity index (χ0v) is 12.2. The van der Waals surface area contributed by atoms with E-state index in [0.717, 1.165) is 0 Å². The van der Waals surface area contributed by atoms with Gasteiger partial charge < -0.3 is 21.3 Å². The molecule has 1 aliphatic rings. The van der Waals surface area contributed by atoms with E-state index in [2.05, 4.69) is 4.98 Å². The predicted molar refractivity (Wildman–Crippen MR) is 82.5 cm³/mol. The first-order valence-electron chi connectivity index (χ1n) is 6.80. The lowest BCUT2D eigenvalue weighted by Crippen LogP contribution is -2.21. The first kappa shape index (κ1) is 15.0. The molecule has 0 saturated carbocycles. The molecule has 1 unspecified atom stereocenters. The van der Waals surface area contributed by atoms with Crippen LogP contribution >= 0.6 is 0 Å². The van der Waals surface area contributed by atoms with Gasteiger partial charge in [0.1, 0.15) is 34.9 Å². The number of nitrogens with two attached hydrogens (primary N) is 2. The van der Waals surface area contributed by atoms with Gasteiger partial charge in [0, 0.05) is 23.1 Å². The highest BCUT2D eigenvalue weighted by atomic mass is 16.5. The lowest BCUT2D eigenvalue weighted by Gasteiger charge is -2.29. The van der Waals surface area contributed by atoms with Crippen molar-refractivity contribution in [2.45, 2.75) is 5.92 Å². The molecule has 0 radical (unpaired) electrons. The molecule has 24 heavy (non-hydrogen) atoms. The molecule has 0 saturated heterocycles. The minimum Gasteiger partial charge on any atom is -0.508 e. The van der Waals surface area contributed by atoms with E-state index in [9.17, 15) is 20.9 Å². The maximum absolute atomic E-state index is 9.64. The number of pyridine rings is 1. The quantitative estimate of drug-likeness (QED) is 0.714. The Bertz CT molecular complexity index is 966. The van der Waals surface area contributed by atoms with E-state index in [1.807, 2.05) is 18.2 Å². The normalized spacial score (nSPS) is 14.5. The number of aromatic nitrogens is 1. The summed E-state index contributed by atoms with van der Waals surface area (Å²) in [5.41, 5.74) is 12.5. The van der Waals surface area contributed by atoms with Crippen LogP contribution in [0.3, 0.4) is 0 Å². The van der Waals surface area contributed by atoms with Gasteiger partial charge in [-0.3, -0.25) is 0 Å². The number of aromatic hydroxyl groups is 1. The largest absolute Gasteiger partial charge is 0.508 e. The fraction of sp³-hybridized carbons (Fsp3) is 0.125. The molecular weight excluding hydrogens is 308 g/mol. The molecule has 1 aliphatic heterocycles. The third-order valence-corrected chi connectivity index (χ3v) is 3.84. The van der Waals surface area contributed by atoms with Crippen LogP contribution in [0.5, 0.6) is 17.4 Å². The van der Waals surface area contributed by atoms with Gasteiger partial charge in [-0.25, -0.2) is 0 Å². The first-order valence-corrected chi connectivity index (χ1v) is 6.80. The molecule has 8 heteroatoms. The summed E-state index contributed by atoms with van der Waals surface area (Å²) in [7, 11) is 0. The number of anilines is 2. The van der Waals surface area contributed by atoms with Crippen LogP contribution in [-0.4, -0.2) is 10.1 Å². The topological polar surface area (TPSA) is 166 Å². The predicted octanol–water partition coefficient (Wildman–Crippen LogP) is 1.72. The standard InChI is InChI=1S/C16H10N6O2/c17-4-7(5-18)12-9-2-1-8(23)3-11(9)24-16-13(12)14(20)10(6-19)15(21)22-16/h1-3,7,12,23H,(H4,20,21,22). The highest BCUT2D eigenvalue weighted by Crippen LogP contribution is 2.50. The number of nitrogen functional groups attached to an aromatic ring is 2. The molecule has 0 bridgehead atoms. The average Bonchev–Trinajstić information content (AvgIpc) is 2.55. The zero-order valence-electron chi connectivity index (χ0n) is 12.2. The minimum atomic E-state index is -1.09. The Labute approximate surface area is 136 Å². The van der Waals surface area contributed by atoms with Crippen molar-refractivity contribution in [3.8, 4) is 35.6 Å². The number of hydrogen-bond acceptors (Lipinski definition) is 8. The van der Waals surface area contributed by atoms with Crippen molar-refractivity contribution >= 4 is 11.5 Å². The number of phenolic OH excluding ortho intramolecular Hbond substituents is 1. The molecule has 2 heterocycles. The van der Waals surface area contributed by atoms with Gasteiger partial charge in [0.15, 0.2) is 0 Å². The number of hydrogen-bond donors (Lipinski definition) is 3. The molecule has 0 fully saturated rings. The molecule has 2 aromatic rings. The smallest absolute Gasteiger partial charge is 0.227 e. The summed E-state index contributed by atoms with van der Waals surface area (Å²) in [6.07, 6.45) is 0.